The molecule has 0 aromatic carbocycles. The molecule has 1 aromatic heterocycles. The summed E-state index contributed by atoms with van der Waals surface area (Å²) < 4.78 is 11.9. The topological polar surface area (TPSA) is 75.2 Å². The molecule has 0 aliphatic carbocycles. The molecule has 6 nitrogen and oxygen atoms in total. The average molecular weight is 214 g/mol. The lowest BCUT2D eigenvalue weighted by atomic mass is 10.4. The van der Waals surface area contributed by atoms with Crippen molar-refractivity contribution in [1.82, 2.24) is 14.8 Å². The number of hydrogen-bond acceptors (Lipinski definition) is 5. The van der Waals surface area contributed by atoms with Gasteiger partial charge in [-0.2, -0.15) is 5.10 Å². The number of nitrogens with zero attached hydrogens (tertiary/aromatic N) is 3. The highest BCUT2D eigenvalue weighted by Gasteiger charge is 2.04. The summed E-state index contributed by atoms with van der Waals surface area (Å²) in [5, 5.41) is 4.20. The van der Waals surface area contributed by atoms with Crippen molar-refractivity contribution in [1.29, 1.82) is 0 Å². The van der Waals surface area contributed by atoms with Crippen LogP contribution in [0.3, 0.4) is 0 Å². The van der Waals surface area contributed by atoms with Crippen LogP contribution in [0.15, 0.2) is 6.33 Å². The summed E-state index contributed by atoms with van der Waals surface area (Å²) in [5.74, 6) is 0.659. The molecule has 0 saturated carbocycles. The monoisotopic (exact) mass is 214 g/mol. The molecule has 0 amide bonds. The zero-order chi connectivity index (χ0) is 11.1. The molecule has 2 N–H and O–H groups in total. The van der Waals surface area contributed by atoms with E-state index in [2.05, 4.69) is 10.1 Å². The van der Waals surface area contributed by atoms with E-state index in [9.17, 15) is 0 Å². The molecule has 0 radical (unpaired) electrons. The summed E-state index contributed by atoms with van der Waals surface area (Å²) in [5.41, 5.74) is 5.64. The highest BCUT2D eigenvalue weighted by atomic mass is 16.5. The van der Waals surface area contributed by atoms with Crippen LogP contribution in [0.25, 0.3) is 0 Å². The molecule has 15 heavy (non-hydrogen) atoms. The highest BCUT2D eigenvalue weighted by Crippen LogP contribution is 2.00. The normalized spacial score (nSPS) is 13.0. The van der Waals surface area contributed by atoms with E-state index in [1.54, 1.807) is 18.1 Å². The van der Waals surface area contributed by atoms with Gasteiger partial charge in [0.15, 0.2) is 5.82 Å². The number of hydrogen-bond donors (Lipinski definition) is 1. The zero-order valence-electron chi connectivity index (χ0n) is 9.22. The third-order valence-corrected chi connectivity index (χ3v) is 1.86. The first-order chi connectivity index (χ1) is 7.24. The zero-order valence-corrected chi connectivity index (χ0v) is 9.22. The molecular formula is C9H18N4O2. The van der Waals surface area contributed by atoms with Crippen molar-refractivity contribution < 1.29 is 9.47 Å². The second kappa shape index (κ2) is 6.49. The minimum atomic E-state index is -0.124. The number of ether oxygens (including phenoxy) is 2. The highest BCUT2D eigenvalue weighted by molar-refractivity contribution is 4.87. The Morgan fingerprint density at radius 3 is 2.87 bits per heavy atom. The number of aromatic nitrogens is 3. The Balaban J connectivity index is 2.20. The second-order valence-electron chi connectivity index (χ2n) is 3.26. The van der Waals surface area contributed by atoms with E-state index in [0.29, 0.717) is 32.2 Å². The van der Waals surface area contributed by atoms with E-state index in [-0.39, 0.29) is 6.04 Å². The van der Waals surface area contributed by atoms with E-state index in [4.69, 9.17) is 15.2 Å². The van der Waals surface area contributed by atoms with E-state index in [1.165, 1.54) is 0 Å². The molecule has 1 unspecified atom stereocenters. The minimum Gasteiger partial charge on any atom is -0.382 e. The average Bonchev–Trinajstić information content (AvgIpc) is 2.66. The van der Waals surface area contributed by atoms with Crippen LogP contribution in [0.4, 0.5) is 0 Å². The van der Waals surface area contributed by atoms with Gasteiger partial charge >= 0.3 is 0 Å². The lowest BCUT2D eigenvalue weighted by Crippen LogP contribution is -2.11. The SMILES string of the molecule is COCCOCCn1cnc(C(C)N)n1. The van der Waals surface area contributed by atoms with Gasteiger partial charge in [0.1, 0.15) is 6.33 Å². The van der Waals surface area contributed by atoms with Crippen LogP contribution < -0.4 is 5.73 Å². The molecule has 1 atom stereocenters. The van der Waals surface area contributed by atoms with Crippen LogP contribution in [-0.4, -0.2) is 41.7 Å². The first kappa shape index (κ1) is 12.1. The van der Waals surface area contributed by atoms with Crippen molar-refractivity contribution in [3.05, 3.63) is 12.2 Å². The second-order valence-corrected chi connectivity index (χ2v) is 3.26. The predicted octanol–water partition coefficient (Wildman–Crippen LogP) is -0.0392. The van der Waals surface area contributed by atoms with Crippen LogP contribution >= 0.6 is 0 Å². The van der Waals surface area contributed by atoms with Crippen molar-refractivity contribution in [2.45, 2.75) is 19.5 Å². The van der Waals surface area contributed by atoms with E-state index in [0.717, 1.165) is 0 Å². The van der Waals surface area contributed by atoms with Crippen LogP contribution in [-0.2, 0) is 16.0 Å². The van der Waals surface area contributed by atoms with Crippen molar-refractivity contribution in [3.8, 4) is 0 Å². The smallest absolute Gasteiger partial charge is 0.166 e. The number of methoxy groups -OCH3 is 1. The van der Waals surface area contributed by atoms with Gasteiger partial charge in [0, 0.05) is 7.11 Å². The predicted molar refractivity (Wildman–Crippen MR) is 55.3 cm³/mol. The van der Waals surface area contributed by atoms with Gasteiger partial charge in [-0.05, 0) is 6.92 Å². The summed E-state index contributed by atoms with van der Waals surface area (Å²) in [6.45, 7) is 4.36. The standard InChI is InChI=1S/C9H18N4O2/c1-8(10)9-11-7-13(12-9)3-4-15-6-5-14-2/h7-8H,3-6,10H2,1-2H3. The Morgan fingerprint density at radius 1 is 1.47 bits per heavy atom. The van der Waals surface area contributed by atoms with Gasteiger partial charge in [0.05, 0.1) is 32.4 Å². The molecule has 6 heteroatoms. The van der Waals surface area contributed by atoms with Crippen LogP contribution in [0.2, 0.25) is 0 Å². The molecule has 86 valence electrons. The number of rotatable bonds is 7. The molecule has 0 fully saturated rings. The third kappa shape index (κ3) is 4.37. The quantitative estimate of drug-likeness (QED) is 0.645. The molecule has 0 bridgehead atoms. The Hall–Kier alpha value is -0.980. The summed E-state index contributed by atoms with van der Waals surface area (Å²) in [7, 11) is 1.65. The fourth-order valence-electron chi connectivity index (χ4n) is 1.03. The van der Waals surface area contributed by atoms with Gasteiger partial charge in [0.25, 0.3) is 0 Å². The molecule has 0 aliphatic rings. The molecule has 1 aromatic rings. The van der Waals surface area contributed by atoms with Crippen molar-refractivity contribution in [3.63, 3.8) is 0 Å². The van der Waals surface area contributed by atoms with E-state index < -0.39 is 0 Å². The van der Waals surface area contributed by atoms with Crippen LogP contribution in [0.1, 0.15) is 18.8 Å². The Bertz CT molecular complexity index is 275. The van der Waals surface area contributed by atoms with Gasteiger partial charge in [-0.1, -0.05) is 0 Å². The summed E-state index contributed by atoms with van der Waals surface area (Å²) in [4.78, 5) is 4.08. The molecule has 0 spiro atoms. The molecule has 1 rings (SSSR count). The molecule has 1 heterocycles. The van der Waals surface area contributed by atoms with Gasteiger partial charge in [-0.15, -0.1) is 0 Å². The van der Waals surface area contributed by atoms with Gasteiger partial charge in [-0.25, -0.2) is 4.98 Å². The minimum absolute atomic E-state index is 0.124. The third-order valence-electron chi connectivity index (χ3n) is 1.86. The molecule has 0 saturated heterocycles. The lowest BCUT2D eigenvalue weighted by molar-refractivity contribution is 0.0653. The van der Waals surface area contributed by atoms with E-state index in [1.807, 2.05) is 6.92 Å². The molecule has 0 aliphatic heterocycles. The summed E-state index contributed by atoms with van der Waals surface area (Å²) in [6.07, 6.45) is 1.67. The van der Waals surface area contributed by atoms with Gasteiger partial charge < -0.3 is 15.2 Å². The number of nitrogens with two attached hydrogens (primary N) is 1. The Kier molecular flexibility index (Phi) is 5.23. The maximum absolute atomic E-state index is 5.64. The maximum Gasteiger partial charge on any atom is 0.166 e. The Labute approximate surface area is 89.4 Å². The van der Waals surface area contributed by atoms with Crippen LogP contribution in [0, 0.1) is 0 Å². The van der Waals surface area contributed by atoms with Gasteiger partial charge in [-0.3, -0.25) is 4.68 Å². The van der Waals surface area contributed by atoms with Crippen molar-refractivity contribution >= 4 is 0 Å². The summed E-state index contributed by atoms with van der Waals surface area (Å²) in [6, 6.07) is -0.124. The van der Waals surface area contributed by atoms with E-state index >= 15 is 0 Å². The lowest BCUT2D eigenvalue weighted by Gasteiger charge is -2.03. The largest absolute Gasteiger partial charge is 0.382 e. The molecular weight excluding hydrogens is 196 g/mol. The summed E-state index contributed by atoms with van der Waals surface area (Å²) >= 11 is 0. The van der Waals surface area contributed by atoms with Crippen molar-refractivity contribution in [2.75, 3.05) is 26.9 Å². The first-order valence-corrected chi connectivity index (χ1v) is 4.95. The maximum atomic E-state index is 5.64. The van der Waals surface area contributed by atoms with Crippen molar-refractivity contribution in [2.24, 2.45) is 5.73 Å². The fraction of sp³-hybridized carbons (Fsp3) is 0.778. The van der Waals surface area contributed by atoms with Gasteiger partial charge in [0.2, 0.25) is 0 Å². The Morgan fingerprint density at radius 2 is 2.27 bits per heavy atom. The van der Waals surface area contributed by atoms with Crippen LogP contribution in [0.5, 0.6) is 0 Å². The first-order valence-electron chi connectivity index (χ1n) is 4.95. The fourth-order valence-corrected chi connectivity index (χ4v) is 1.03.